The molecule has 0 radical (unpaired) electrons. The van der Waals surface area contributed by atoms with Gasteiger partial charge in [0.25, 0.3) is 0 Å². The molecular weight excluding hydrogens is 1940 g/mol. The molecule has 16 rings (SSSR count). The summed E-state index contributed by atoms with van der Waals surface area (Å²) in [6.45, 7) is 23.4. The lowest BCUT2D eigenvalue weighted by Crippen LogP contribution is -2.52. The maximum atomic E-state index is 13.8. The fourth-order valence-electron chi connectivity index (χ4n) is 16.5. The molecule has 37 nitrogen and oxygen atoms in total. The van der Waals surface area contributed by atoms with Crippen LogP contribution in [0.3, 0.4) is 0 Å². The predicted molar refractivity (Wildman–Crippen MR) is 554 cm³/mol. The number of piperazine rings is 4. The summed E-state index contributed by atoms with van der Waals surface area (Å²) in [7, 11) is 0. The Kier molecular flexibility index (Phi) is 43.5. The zero-order valence-corrected chi connectivity index (χ0v) is 86.2. The lowest BCUT2D eigenvalue weighted by Gasteiger charge is -2.39. The molecule has 5 aromatic carbocycles. The highest BCUT2D eigenvalue weighted by molar-refractivity contribution is 7.16. The van der Waals surface area contributed by atoms with E-state index in [1.54, 1.807) is 9.80 Å². The zero-order valence-electron chi connectivity index (χ0n) is 79.7. The van der Waals surface area contributed by atoms with E-state index in [4.69, 9.17) is 20.9 Å². The van der Waals surface area contributed by atoms with Gasteiger partial charge >= 0.3 is 18.2 Å². The van der Waals surface area contributed by atoms with Gasteiger partial charge < -0.3 is 46.5 Å². The molecule has 11 N–H and O–H groups in total. The Bertz CT molecular complexity index is 5290. The van der Waals surface area contributed by atoms with Crippen LogP contribution in [0.15, 0.2) is 152 Å². The number of nitrogens with one attached hydrogen (secondary N) is 6. The minimum absolute atomic E-state index is 0. The standard InChI is InChI=1S/C42H56N10O6S2.C32H40N10O2S2.C13H17NO2.C8H12N6S2.2ClH/c1-41(2,3)57-39(55)51-25-21-49(22-26-51)33(29-15-9-7-10-16-29)35(53)43-37-47-45-31(59-37)19-13-14-20-32-46-48-38(60-32)44-36(54)34(30-17-11-8-12-18-30)50-23-27-52(28-24-50)40(56)58-42(4,5)6;43-29(27(23-9-3-1-4-10-23)41-19-15-33-16-20-41)35-31-39-37-25(45-31)13-7-8-14-26-38-40-32(46-26)36-30(44)28(24-11-5-2-6-12-24)42-21-17-34-18-22-42;15-13(16)12(11-7-3-1-4-8-11)14-9-5-2-6-10-14;9-7-13-11-5(15-7)3-1-2-4-6-12-14-8(10)16-6;;/h7-12,15-18,33-34H,13-14,19-28H2,1-6H3,(H,43,47,53)(H,44,48,54);1-6,9-12,27-28,33-34H,7-8,13-22H2,(H,35,39,43)(H,36,40,44);1,3-4,7-8,12H,2,5-6,9-10H2,(H,15,16);1-4H2,(H2,9,13)(H2,10,14);2*1H. The first-order chi connectivity index (χ1) is 66.8. The van der Waals surface area contributed by atoms with Crippen molar-refractivity contribution in [1.82, 2.24) is 106 Å². The highest BCUT2D eigenvalue weighted by Gasteiger charge is 2.38. The topological polar surface area (TPSA) is 460 Å². The number of ether oxygens (including phenoxy) is 2. The number of carbonyl (C=O) groups is 7. The van der Waals surface area contributed by atoms with Crippen molar-refractivity contribution in [1.29, 1.82) is 0 Å². The van der Waals surface area contributed by atoms with E-state index < -0.39 is 35.3 Å². The number of carboxylic acids is 1. The molecule has 752 valence electrons. The lowest BCUT2D eigenvalue weighted by molar-refractivity contribution is -0.144. The number of amides is 6. The number of rotatable bonds is 34. The van der Waals surface area contributed by atoms with Crippen LogP contribution in [0, 0.1) is 0 Å². The summed E-state index contributed by atoms with van der Waals surface area (Å²) in [5.74, 6) is -1.32. The molecular formula is C95H127Cl2N27O10S6. The van der Waals surface area contributed by atoms with Gasteiger partial charge in [-0.3, -0.25) is 69.7 Å². The van der Waals surface area contributed by atoms with Crippen LogP contribution in [0.5, 0.6) is 0 Å². The Balaban J connectivity index is 0.000000204. The van der Waals surface area contributed by atoms with Crippen LogP contribution in [0.4, 0.5) is 40.4 Å². The van der Waals surface area contributed by atoms with Crippen molar-refractivity contribution in [2.45, 2.75) is 179 Å². The number of nitrogen functional groups attached to an aromatic ring is 2. The van der Waals surface area contributed by atoms with Crippen molar-refractivity contribution in [2.75, 3.05) is 151 Å². The third-order valence-corrected chi connectivity index (χ3v) is 28.3. The van der Waals surface area contributed by atoms with Crippen molar-refractivity contribution in [2.24, 2.45) is 0 Å². The van der Waals surface area contributed by atoms with Crippen molar-refractivity contribution in [3.05, 3.63) is 210 Å². The van der Waals surface area contributed by atoms with E-state index in [0.29, 0.717) is 96.0 Å². The van der Waals surface area contributed by atoms with Gasteiger partial charge in [-0.2, -0.15) is 0 Å². The van der Waals surface area contributed by atoms with Gasteiger partial charge in [0.2, 0.25) is 54.4 Å². The smallest absolute Gasteiger partial charge is 0.410 e. The summed E-state index contributed by atoms with van der Waals surface area (Å²) in [4.78, 5) is 105. The number of halogens is 2. The van der Waals surface area contributed by atoms with E-state index in [0.717, 1.165) is 200 Å². The molecule has 6 aromatic heterocycles. The second-order valence-electron chi connectivity index (χ2n) is 35.7. The summed E-state index contributed by atoms with van der Waals surface area (Å²) in [5.41, 5.74) is 14.4. The van der Waals surface area contributed by atoms with Crippen molar-refractivity contribution >= 4 is 165 Å². The molecule has 5 saturated heterocycles. The van der Waals surface area contributed by atoms with Crippen LogP contribution in [0.25, 0.3) is 0 Å². The first kappa shape index (κ1) is 110. The van der Waals surface area contributed by atoms with Crippen LogP contribution >= 0.6 is 92.8 Å². The summed E-state index contributed by atoms with van der Waals surface area (Å²) in [6.07, 6.45) is 13.0. The molecule has 140 heavy (non-hydrogen) atoms. The third-order valence-electron chi connectivity index (χ3n) is 23.1. The number of nitrogens with two attached hydrogens (primary N) is 2. The highest BCUT2D eigenvalue weighted by atomic mass is 35.5. The number of aliphatic carboxylic acids is 1. The predicted octanol–water partition coefficient (Wildman–Crippen LogP) is 13.8. The van der Waals surface area contributed by atoms with E-state index in [9.17, 15) is 38.7 Å². The van der Waals surface area contributed by atoms with E-state index >= 15 is 0 Å². The van der Waals surface area contributed by atoms with E-state index in [-0.39, 0.29) is 72.7 Å². The Morgan fingerprint density at radius 1 is 0.321 bits per heavy atom. The molecule has 5 aliphatic heterocycles. The second kappa shape index (κ2) is 55.6. The highest BCUT2D eigenvalue weighted by Crippen LogP contribution is 2.34. The average Bonchev–Trinajstić information content (AvgIpc) is 1.15. The summed E-state index contributed by atoms with van der Waals surface area (Å²) < 4.78 is 11.1. The molecule has 6 amide bonds. The fraction of sp³-hybridized carbons (Fsp3) is 0.484. The number of likely N-dealkylation sites (tertiary alicyclic amines) is 1. The first-order valence-corrected chi connectivity index (χ1v) is 51.9. The Morgan fingerprint density at radius 3 is 0.786 bits per heavy atom. The molecule has 0 saturated carbocycles. The quantitative estimate of drug-likeness (QED) is 0.0169. The Hall–Kier alpha value is -10.8. The number of anilines is 6. The molecule has 11 aromatic rings. The van der Waals surface area contributed by atoms with E-state index in [1.165, 1.54) is 74.4 Å². The molecule has 0 aliphatic carbocycles. The number of nitrogens with zero attached hydrogens (tertiary/aromatic N) is 19. The summed E-state index contributed by atoms with van der Waals surface area (Å²) >= 11 is 8.46. The maximum Gasteiger partial charge on any atom is 0.410 e. The Labute approximate surface area is 852 Å². The van der Waals surface area contributed by atoms with Gasteiger partial charge in [0.05, 0.1) is 0 Å². The summed E-state index contributed by atoms with van der Waals surface area (Å²) in [5, 5.41) is 86.3. The molecule has 5 fully saturated rings. The number of hydrogen-bond acceptors (Lipinski definition) is 36. The van der Waals surface area contributed by atoms with Crippen LogP contribution in [-0.4, -0.2) is 271 Å². The third kappa shape index (κ3) is 34.6. The van der Waals surface area contributed by atoms with Crippen LogP contribution in [0.2, 0.25) is 0 Å². The van der Waals surface area contributed by atoms with Gasteiger partial charge in [0.1, 0.15) is 71.5 Å². The molecule has 11 heterocycles. The van der Waals surface area contributed by atoms with Crippen LogP contribution < -0.4 is 43.4 Å². The average molecular weight is 2070 g/mol. The number of benzene rings is 5. The number of carboxylic acid groups (broad SMARTS) is 1. The van der Waals surface area contributed by atoms with Crippen molar-refractivity contribution in [3.8, 4) is 0 Å². The number of aryl methyl sites for hydroxylation is 6. The summed E-state index contributed by atoms with van der Waals surface area (Å²) in [6, 6.07) is 46.2. The number of carbonyl (C=O) groups excluding carboxylic acids is 6. The number of hydrogen-bond donors (Lipinski definition) is 9. The Morgan fingerprint density at radius 2 is 0.550 bits per heavy atom. The molecule has 5 atom stereocenters. The molecule has 0 spiro atoms. The van der Waals surface area contributed by atoms with Gasteiger partial charge in [-0.25, -0.2) is 9.59 Å². The number of aromatic nitrogens is 12. The first-order valence-electron chi connectivity index (χ1n) is 47.0. The largest absolute Gasteiger partial charge is 0.480 e. The van der Waals surface area contributed by atoms with Gasteiger partial charge in [-0.15, -0.1) is 86.0 Å². The number of piperidine rings is 1. The minimum Gasteiger partial charge on any atom is -0.480 e. The fourth-order valence-corrected chi connectivity index (χ4v) is 21.0. The molecule has 0 bridgehead atoms. The van der Waals surface area contributed by atoms with Gasteiger partial charge in [-0.1, -0.05) is 226 Å². The minimum atomic E-state index is -0.742. The maximum absolute atomic E-state index is 13.8. The second-order valence-corrected chi connectivity index (χ2v) is 42.2. The molecule has 45 heteroatoms. The van der Waals surface area contributed by atoms with Gasteiger partial charge in [0.15, 0.2) is 0 Å². The van der Waals surface area contributed by atoms with Gasteiger partial charge in [0, 0.05) is 143 Å². The van der Waals surface area contributed by atoms with Gasteiger partial charge in [-0.05, 0) is 134 Å². The van der Waals surface area contributed by atoms with Crippen LogP contribution in [-0.2, 0) is 72.0 Å². The van der Waals surface area contributed by atoms with Crippen molar-refractivity contribution in [3.63, 3.8) is 0 Å². The normalized spacial score (nSPS) is 16.2. The van der Waals surface area contributed by atoms with Crippen molar-refractivity contribution < 1.29 is 48.1 Å². The van der Waals surface area contributed by atoms with Crippen LogP contribution in [0.1, 0.15) is 187 Å². The molecule has 5 aliphatic rings. The monoisotopic (exact) mass is 2070 g/mol. The zero-order chi connectivity index (χ0) is 97.2. The number of unbranched alkanes of at least 4 members (excludes halogenated alkanes) is 3. The lowest BCUT2D eigenvalue weighted by atomic mass is 10.0. The SMILES string of the molecule is CC(C)(C)OC(=O)N1CCN(C(C(=O)Nc2nnc(CCCCc3nnc(NC(=O)C(c4ccccc4)N4CCN(C(=O)OC(C)(C)C)CC4)s3)s2)c2ccccc2)CC1.Cl.Cl.Nc1nnc(CCCCc2nnc(N)s2)s1.O=C(Nc1nnc(CCCCc2nnc(NC(=O)C(c3ccccc3)N3CCNCC3)s2)s1)C(c1ccccc1)N1CCNCC1.O=C(O)C(c1ccccc1)N1CCCCC1. The van der Waals surface area contributed by atoms with E-state index in [2.05, 4.69) is 118 Å². The molecule has 5 unspecified atom stereocenters. The van der Waals surface area contributed by atoms with E-state index in [1.807, 2.05) is 193 Å².